The van der Waals surface area contributed by atoms with Crippen molar-refractivity contribution in [3.8, 4) is 11.5 Å². The fourth-order valence-corrected chi connectivity index (χ4v) is 3.60. The molecule has 3 aromatic rings. The summed E-state index contributed by atoms with van der Waals surface area (Å²) in [7, 11) is 4.94. The summed E-state index contributed by atoms with van der Waals surface area (Å²) in [5.74, 6) is 0.770. The highest BCUT2D eigenvalue weighted by Gasteiger charge is 2.11. The number of carbonyl (C=O) groups excluding carboxylic acids is 1. The van der Waals surface area contributed by atoms with Gasteiger partial charge in [-0.2, -0.15) is 4.99 Å². The number of aromatic nitrogens is 1. The van der Waals surface area contributed by atoms with E-state index in [2.05, 4.69) is 4.99 Å². The van der Waals surface area contributed by atoms with E-state index in [0.717, 1.165) is 10.2 Å². The summed E-state index contributed by atoms with van der Waals surface area (Å²) in [6, 6.07) is 9.58. The third-order valence-corrected chi connectivity index (χ3v) is 5.14. The number of hydrogen-bond acceptors (Lipinski definition) is 6. The van der Waals surface area contributed by atoms with Crippen molar-refractivity contribution in [1.29, 1.82) is 0 Å². The Kier molecular flexibility index (Phi) is 5.55. The third-order valence-electron chi connectivity index (χ3n) is 4.04. The molecular weight excluding hydrogens is 382 g/mol. The molecule has 0 unspecified atom stereocenters. The largest absolute Gasteiger partial charge is 0.493 e. The summed E-state index contributed by atoms with van der Waals surface area (Å²) in [6.07, 6.45) is 2.89. The Morgan fingerprint density at radius 3 is 2.43 bits per heavy atom. The van der Waals surface area contributed by atoms with Crippen molar-refractivity contribution in [2.75, 3.05) is 14.2 Å². The van der Waals surface area contributed by atoms with Crippen molar-refractivity contribution in [3.63, 3.8) is 0 Å². The number of amides is 1. The first-order chi connectivity index (χ1) is 13.4. The lowest BCUT2D eigenvalue weighted by Crippen LogP contribution is -2.12. The summed E-state index contributed by atoms with van der Waals surface area (Å²) in [5, 5.41) is 10.7. The molecule has 28 heavy (non-hydrogen) atoms. The molecule has 0 bridgehead atoms. The monoisotopic (exact) mass is 399 g/mol. The van der Waals surface area contributed by atoms with Crippen LogP contribution < -0.4 is 14.3 Å². The van der Waals surface area contributed by atoms with Gasteiger partial charge in [0.15, 0.2) is 16.3 Å². The van der Waals surface area contributed by atoms with E-state index in [1.54, 1.807) is 37.0 Å². The Hall–Kier alpha value is -3.46. The van der Waals surface area contributed by atoms with Gasteiger partial charge < -0.3 is 14.0 Å². The number of ether oxygens (including phenoxy) is 2. The van der Waals surface area contributed by atoms with Gasteiger partial charge in [0.2, 0.25) is 0 Å². The Balaban J connectivity index is 1.89. The lowest BCUT2D eigenvalue weighted by atomic mass is 10.2. The zero-order valence-electron chi connectivity index (χ0n) is 15.4. The summed E-state index contributed by atoms with van der Waals surface area (Å²) in [6.45, 7) is 0. The number of methoxy groups -OCH3 is 2. The number of rotatable bonds is 5. The SMILES string of the molecule is COc1cc2sc(=NC(=O)/C=C\c3ccc([N+](=O)[O-])cc3)n(C)c2cc1OC. The Morgan fingerprint density at radius 2 is 1.82 bits per heavy atom. The molecule has 3 rings (SSSR count). The van der Waals surface area contributed by atoms with Crippen molar-refractivity contribution >= 4 is 39.2 Å². The lowest BCUT2D eigenvalue weighted by Gasteiger charge is -2.07. The van der Waals surface area contributed by atoms with Crippen LogP contribution >= 0.6 is 11.3 Å². The second-order valence-corrected chi connectivity index (χ2v) is 6.76. The molecule has 0 N–H and O–H groups in total. The number of hydrogen-bond donors (Lipinski definition) is 0. The van der Waals surface area contributed by atoms with E-state index in [-0.39, 0.29) is 5.69 Å². The summed E-state index contributed by atoms with van der Waals surface area (Å²) >= 11 is 1.36. The van der Waals surface area contributed by atoms with E-state index in [4.69, 9.17) is 9.47 Å². The van der Waals surface area contributed by atoms with Crippen molar-refractivity contribution < 1.29 is 19.2 Å². The fourth-order valence-electron chi connectivity index (χ4n) is 2.57. The van der Waals surface area contributed by atoms with Crippen LogP contribution in [0.15, 0.2) is 47.5 Å². The summed E-state index contributed by atoms with van der Waals surface area (Å²) in [4.78, 5) is 27.1. The van der Waals surface area contributed by atoms with Gasteiger partial charge in [-0.3, -0.25) is 14.9 Å². The van der Waals surface area contributed by atoms with Crippen LogP contribution in [0, 0.1) is 10.1 Å². The van der Waals surface area contributed by atoms with Crippen LogP contribution in [0.1, 0.15) is 5.56 Å². The van der Waals surface area contributed by atoms with Gasteiger partial charge in [0.1, 0.15) is 0 Å². The lowest BCUT2D eigenvalue weighted by molar-refractivity contribution is -0.384. The highest BCUT2D eigenvalue weighted by molar-refractivity contribution is 7.16. The van der Waals surface area contributed by atoms with E-state index in [1.807, 2.05) is 19.2 Å². The van der Waals surface area contributed by atoms with Crippen LogP contribution in [0.4, 0.5) is 5.69 Å². The van der Waals surface area contributed by atoms with Crippen LogP contribution in [-0.4, -0.2) is 29.6 Å². The summed E-state index contributed by atoms with van der Waals surface area (Å²) in [5.41, 5.74) is 1.54. The van der Waals surface area contributed by atoms with Gasteiger partial charge >= 0.3 is 0 Å². The first kappa shape index (κ1) is 19.3. The first-order valence-electron chi connectivity index (χ1n) is 8.15. The Labute approximate surface area is 164 Å². The molecule has 9 heteroatoms. The number of non-ortho nitro benzene ring substituents is 1. The first-order valence-corrected chi connectivity index (χ1v) is 8.97. The minimum absolute atomic E-state index is 0.00341. The molecule has 0 aliphatic rings. The van der Waals surface area contributed by atoms with Crippen LogP contribution in [0.5, 0.6) is 11.5 Å². The minimum atomic E-state index is -0.473. The van der Waals surface area contributed by atoms with E-state index in [9.17, 15) is 14.9 Å². The average molecular weight is 399 g/mol. The van der Waals surface area contributed by atoms with Gasteiger partial charge in [0, 0.05) is 37.4 Å². The number of aryl methyl sites for hydroxylation is 1. The van der Waals surface area contributed by atoms with Crippen molar-refractivity contribution in [1.82, 2.24) is 4.57 Å². The van der Waals surface area contributed by atoms with Crippen LogP contribution in [0.25, 0.3) is 16.3 Å². The van der Waals surface area contributed by atoms with E-state index >= 15 is 0 Å². The molecule has 144 valence electrons. The van der Waals surface area contributed by atoms with Gasteiger partial charge in [-0.25, -0.2) is 0 Å². The molecule has 8 nitrogen and oxygen atoms in total. The second-order valence-electron chi connectivity index (χ2n) is 5.75. The zero-order valence-corrected chi connectivity index (χ0v) is 16.2. The molecule has 0 saturated carbocycles. The van der Waals surface area contributed by atoms with Crippen LogP contribution in [0.3, 0.4) is 0 Å². The van der Waals surface area contributed by atoms with Crippen molar-refractivity contribution in [3.05, 3.63) is 63.0 Å². The molecule has 0 atom stereocenters. The minimum Gasteiger partial charge on any atom is -0.493 e. The maximum atomic E-state index is 12.2. The number of thiazole rings is 1. The quantitative estimate of drug-likeness (QED) is 0.373. The average Bonchev–Trinajstić information content (AvgIpc) is 3.00. The van der Waals surface area contributed by atoms with E-state index < -0.39 is 10.8 Å². The molecule has 1 heterocycles. The van der Waals surface area contributed by atoms with Crippen LogP contribution in [-0.2, 0) is 11.8 Å². The maximum absolute atomic E-state index is 12.2. The standard InChI is InChI=1S/C19H17N3O5S/c1-21-14-10-15(26-2)16(27-3)11-17(14)28-19(21)20-18(23)9-6-12-4-7-13(8-5-12)22(24)25/h4-11H,1-3H3/b9-6-,20-19?. The molecule has 0 saturated heterocycles. The predicted octanol–water partition coefficient (Wildman–Crippen LogP) is 3.31. The molecule has 0 aliphatic heterocycles. The van der Waals surface area contributed by atoms with Crippen LogP contribution in [0.2, 0.25) is 0 Å². The molecule has 0 fully saturated rings. The van der Waals surface area contributed by atoms with Gasteiger partial charge in [-0.15, -0.1) is 0 Å². The number of carbonyl (C=O) groups is 1. The third kappa shape index (κ3) is 3.94. The number of nitrogens with zero attached hydrogens (tertiary/aromatic N) is 3. The Bertz CT molecular complexity index is 1140. The topological polar surface area (TPSA) is 96.0 Å². The highest BCUT2D eigenvalue weighted by Crippen LogP contribution is 2.33. The van der Waals surface area contributed by atoms with E-state index in [1.165, 1.54) is 29.5 Å². The molecule has 1 aromatic heterocycles. The van der Waals surface area contributed by atoms with Gasteiger partial charge in [0.25, 0.3) is 11.6 Å². The smallest absolute Gasteiger partial charge is 0.272 e. The number of nitro benzene ring substituents is 1. The van der Waals surface area contributed by atoms with Crippen molar-refractivity contribution in [2.24, 2.45) is 12.0 Å². The number of nitro groups is 1. The molecule has 1 amide bonds. The van der Waals surface area contributed by atoms with Crippen molar-refractivity contribution in [2.45, 2.75) is 0 Å². The van der Waals surface area contributed by atoms with E-state index in [0.29, 0.717) is 21.9 Å². The molecule has 0 aliphatic carbocycles. The van der Waals surface area contributed by atoms with Gasteiger partial charge in [-0.1, -0.05) is 11.3 Å². The van der Waals surface area contributed by atoms with Gasteiger partial charge in [0.05, 0.1) is 29.4 Å². The Morgan fingerprint density at radius 1 is 1.18 bits per heavy atom. The molecule has 0 radical (unpaired) electrons. The fraction of sp³-hybridized carbons (Fsp3) is 0.158. The normalized spacial score (nSPS) is 11.9. The predicted molar refractivity (Wildman–Crippen MR) is 107 cm³/mol. The molecule has 2 aromatic carbocycles. The number of benzene rings is 2. The zero-order chi connectivity index (χ0) is 20.3. The summed E-state index contributed by atoms with van der Waals surface area (Å²) < 4.78 is 13.3. The molecule has 0 spiro atoms. The molecular formula is C19H17N3O5S. The van der Waals surface area contributed by atoms with Gasteiger partial charge in [-0.05, 0) is 23.8 Å². The maximum Gasteiger partial charge on any atom is 0.272 e. The highest BCUT2D eigenvalue weighted by atomic mass is 32.1. The second kappa shape index (κ2) is 8.05. The number of fused-ring (bicyclic) bond motifs is 1.